The van der Waals surface area contributed by atoms with Crippen molar-refractivity contribution >= 4 is 11.8 Å². The highest BCUT2D eigenvalue weighted by atomic mass is 16.2. The number of nitrogens with one attached hydrogen (secondary N) is 1. The van der Waals surface area contributed by atoms with Gasteiger partial charge in [-0.05, 0) is 30.4 Å². The molecule has 0 aliphatic carbocycles. The van der Waals surface area contributed by atoms with E-state index in [0.29, 0.717) is 18.7 Å². The normalized spacial score (nSPS) is 17.7. The molecule has 5 heteroatoms. The molecule has 1 atom stereocenters. The minimum absolute atomic E-state index is 0.0572. The zero-order chi connectivity index (χ0) is 17.0. The van der Waals surface area contributed by atoms with Gasteiger partial charge in [0.25, 0.3) is 5.91 Å². The highest BCUT2D eigenvalue weighted by Crippen LogP contribution is 2.19. The van der Waals surface area contributed by atoms with Gasteiger partial charge >= 0.3 is 0 Å². The van der Waals surface area contributed by atoms with E-state index in [1.54, 1.807) is 0 Å². The van der Waals surface area contributed by atoms with E-state index in [4.69, 9.17) is 5.73 Å². The standard InChI is InChI=1S/C18H27N3O2/c1-18(2,3)15(19)16(22)20-14-9-11-21(12-10-14)17(23)13-7-5-4-6-8-13/h4-8,14-15H,9-12,19H2,1-3H3,(H,20,22)/t15-/m1/s1. The van der Waals surface area contributed by atoms with Crippen LogP contribution < -0.4 is 11.1 Å². The minimum Gasteiger partial charge on any atom is -0.352 e. The molecule has 126 valence electrons. The van der Waals surface area contributed by atoms with Gasteiger partial charge in [0, 0.05) is 24.7 Å². The Morgan fingerprint density at radius 3 is 2.26 bits per heavy atom. The average molecular weight is 317 g/mol. The molecule has 0 bridgehead atoms. The summed E-state index contributed by atoms with van der Waals surface area (Å²) >= 11 is 0. The second-order valence-electron chi connectivity index (χ2n) is 7.28. The molecule has 0 saturated carbocycles. The van der Waals surface area contributed by atoms with Gasteiger partial charge in [0.05, 0.1) is 6.04 Å². The lowest BCUT2D eigenvalue weighted by Gasteiger charge is -2.34. The van der Waals surface area contributed by atoms with Gasteiger partial charge in [0.15, 0.2) is 0 Å². The number of piperidine rings is 1. The summed E-state index contributed by atoms with van der Waals surface area (Å²) in [6.45, 7) is 7.18. The number of hydrogen-bond acceptors (Lipinski definition) is 3. The second kappa shape index (κ2) is 7.13. The van der Waals surface area contributed by atoms with E-state index in [1.807, 2.05) is 56.0 Å². The van der Waals surface area contributed by atoms with Crippen molar-refractivity contribution in [3.63, 3.8) is 0 Å². The highest BCUT2D eigenvalue weighted by Gasteiger charge is 2.30. The van der Waals surface area contributed by atoms with Gasteiger partial charge in [-0.25, -0.2) is 0 Å². The molecule has 2 amide bonds. The summed E-state index contributed by atoms with van der Waals surface area (Å²) in [4.78, 5) is 26.4. The number of nitrogens with two attached hydrogens (primary N) is 1. The van der Waals surface area contributed by atoms with E-state index in [0.717, 1.165) is 12.8 Å². The second-order valence-corrected chi connectivity index (χ2v) is 7.28. The van der Waals surface area contributed by atoms with Crippen LogP contribution in [0.4, 0.5) is 0 Å². The Kier molecular flexibility index (Phi) is 5.42. The maximum absolute atomic E-state index is 12.4. The van der Waals surface area contributed by atoms with Gasteiger partial charge in [-0.15, -0.1) is 0 Å². The predicted molar refractivity (Wildman–Crippen MR) is 90.9 cm³/mol. The van der Waals surface area contributed by atoms with Gasteiger partial charge in [0.1, 0.15) is 0 Å². The van der Waals surface area contributed by atoms with E-state index in [-0.39, 0.29) is 23.3 Å². The van der Waals surface area contributed by atoms with E-state index in [9.17, 15) is 9.59 Å². The molecule has 1 aromatic rings. The van der Waals surface area contributed by atoms with Crippen molar-refractivity contribution in [3.8, 4) is 0 Å². The molecule has 1 saturated heterocycles. The molecule has 0 unspecified atom stereocenters. The Morgan fingerprint density at radius 1 is 1.17 bits per heavy atom. The van der Waals surface area contributed by atoms with Crippen LogP contribution in [0.5, 0.6) is 0 Å². The van der Waals surface area contributed by atoms with Crippen LogP contribution in [0.25, 0.3) is 0 Å². The lowest BCUT2D eigenvalue weighted by molar-refractivity contribution is -0.125. The Bertz CT molecular complexity index is 543. The molecular formula is C18H27N3O2. The molecule has 5 nitrogen and oxygen atoms in total. The molecule has 1 aliphatic heterocycles. The number of amides is 2. The molecule has 0 spiro atoms. The van der Waals surface area contributed by atoms with Crippen LogP contribution in [0.2, 0.25) is 0 Å². The Hall–Kier alpha value is -1.88. The summed E-state index contributed by atoms with van der Waals surface area (Å²) < 4.78 is 0. The van der Waals surface area contributed by atoms with Crippen LogP contribution in [-0.4, -0.2) is 41.9 Å². The monoisotopic (exact) mass is 317 g/mol. The molecule has 1 aliphatic rings. The summed E-state index contributed by atoms with van der Waals surface area (Å²) in [7, 11) is 0. The highest BCUT2D eigenvalue weighted by molar-refractivity contribution is 5.94. The van der Waals surface area contributed by atoms with E-state index in [2.05, 4.69) is 5.32 Å². The molecule has 1 fully saturated rings. The Labute approximate surface area is 138 Å². The quantitative estimate of drug-likeness (QED) is 0.892. The van der Waals surface area contributed by atoms with Gasteiger partial charge in [-0.1, -0.05) is 39.0 Å². The number of carbonyl (C=O) groups excluding carboxylic acids is 2. The van der Waals surface area contributed by atoms with Crippen molar-refractivity contribution in [1.29, 1.82) is 0 Å². The van der Waals surface area contributed by atoms with E-state index in [1.165, 1.54) is 0 Å². The fourth-order valence-electron chi connectivity index (χ4n) is 2.67. The van der Waals surface area contributed by atoms with Crippen molar-refractivity contribution in [2.75, 3.05) is 13.1 Å². The Morgan fingerprint density at radius 2 is 1.74 bits per heavy atom. The number of benzene rings is 1. The lowest BCUT2D eigenvalue weighted by Crippen LogP contribution is -2.54. The predicted octanol–water partition coefficient (Wildman–Crippen LogP) is 1.78. The molecular weight excluding hydrogens is 290 g/mol. The van der Waals surface area contributed by atoms with E-state index < -0.39 is 6.04 Å². The minimum atomic E-state index is -0.522. The molecule has 0 aromatic heterocycles. The number of carbonyl (C=O) groups is 2. The largest absolute Gasteiger partial charge is 0.352 e. The molecule has 0 radical (unpaired) electrons. The van der Waals surface area contributed by atoms with Crippen LogP contribution in [-0.2, 0) is 4.79 Å². The number of hydrogen-bond donors (Lipinski definition) is 2. The average Bonchev–Trinajstić information content (AvgIpc) is 2.54. The number of nitrogens with zero attached hydrogens (tertiary/aromatic N) is 1. The summed E-state index contributed by atoms with van der Waals surface area (Å²) in [5, 5.41) is 3.02. The summed E-state index contributed by atoms with van der Waals surface area (Å²) in [6.07, 6.45) is 1.53. The Balaban J connectivity index is 1.85. The first-order chi connectivity index (χ1) is 10.8. The van der Waals surface area contributed by atoms with Crippen molar-refractivity contribution in [3.05, 3.63) is 35.9 Å². The third-order valence-electron chi connectivity index (χ3n) is 4.36. The van der Waals surface area contributed by atoms with Crippen molar-refractivity contribution in [2.24, 2.45) is 11.1 Å². The van der Waals surface area contributed by atoms with Crippen molar-refractivity contribution in [2.45, 2.75) is 45.7 Å². The van der Waals surface area contributed by atoms with Crippen LogP contribution in [0.1, 0.15) is 44.0 Å². The SMILES string of the molecule is CC(C)(C)[C@H](N)C(=O)NC1CCN(C(=O)c2ccccc2)CC1. The molecule has 1 heterocycles. The van der Waals surface area contributed by atoms with Crippen LogP contribution >= 0.6 is 0 Å². The van der Waals surface area contributed by atoms with Gasteiger partial charge in [-0.2, -0.15) is 0 Å². The topological polar surface area (TPSA) is 75.4 Å². The maximum atomic E-state index is 12.4. The first-order valence-corrected chi connectivity index (χ1v) is 8.19. The summed E-state index contributed by atoms with van der Waals surface area (Å²) in [5.41, 5.74) is 6.44. The summed E-state index contributed by atoms with van der Waals surface area (Å²) in [5.74, 6) is -0.0490. The van der Waals surface area contributed by atoms with Crippen LogP contribution in [0.15, 0.2) is 30.3 Å². The molecule has 23 heavy (non-hydrogen) atoms. The van der Waals surface area contributed by atoms with Gasteiger partial charge < -0.3 is 16.0 Å². The zero-order valence-electron chi connectivity index (χ0n) is 14.2. The maximum Gasteiger partial charge on any atom is 0.253 e. The zero-order valence-corrected chi connectivity index (χ0v) is 14.2. The third kappa shape index (κ3) is 4.55. The van der Waals surface area contributed by atoms with Crippen LogP contribution in [0, 0.1) is 5.41 Å². The van der Waals surface area contributed by atoms with Gasteiger partial charge in [-0.3, -0.25) is 9.59 Å². The summed E-state index contributed by atoms with van der Waals surface area (Å²) in [6, 6.07) is 8.87. The molecule has 2 rings (SSSR count). The van der Waals surface area contributed by atoms with Gasteiger partial charge in [0.2, 0.25) is 5.91 Å². The van der Waals surface area contributed by atoms with Crippen LogP contribution in [0.3, 0.4) is 0 Å². The lowest BCUT2D eigenvalue weighted by atomic mass is 9.86. The fourth-order valence-corrected chi connectivity index (χ4v) is 2.67. The smallest absolute Gasteiger partial charge is 0.253 e. The van der Waals surface area contributed by atoms with Crippen molar-refractivity contribution in [1.82, 2.24) is 10.2 Å². The van der Waals surface area contributed by atoms with Crippen molar-refractivity contribution < 1.29 is 9.59 Å². The van der Waals surface area contributed by atoms with E-state index >= 15 is 0 Å². The molecule has 3 N–H and O–H groups in total. The fraction of sp³-hybridized carbons (Fsp3) is 0.556. The number of likely N-dealkylation sites (tertiary alicyclic amines) is 1. The third-order valence-corrected chi connectivity index (χ3v) is 4.36. The number of rotatable bonds is 3. The first-order valence-electron chi connectivity index (χ1n) is 8.19. The first kappa shape index (κ1) is 17.5. The molecule has 1 aromatic carbocycles.